The van der Waals surface area contributed by atoms with Gasteiger partial charge >= 0.3 is 0 Å². The minimum absolute atomic E-state index is 0.00455. The van der Waals surface area contributed by atoms with Gasteiger partial charge in [-0.05, 0) is 92.3 Å². The summed E-state index contributed by atoms with van der Waals surface area (Å²) in [5.74, 6) is 1.14. The maximum atomic E-state index is 14.5. The van der Waals surface area contributed by atoms with Crippen LogP contribution >= 0.6 is 22.9 Å². The molecule has 1 saturated heterocycles. The molecule has 9 rings (SSSR count). The van der Waals surface area contributed by atoms with E-state index in [0.717, 1.165) is 79.2 Å². The molecule has 2 N–H and O–H groups in total. The lowest BCUT2D eigenvalue weighted by atomic mass is 9.93. The summed E-state index contributed by atoms with van der Waals surface area (Å²) in [6.07, 6.45) is 6.13. The molecule has 9 nitrogen and oxygen atoms in total. The number of nitrogens with zero attached hydrogens (tertiary/aromatic N) is 4. The van der Waals surface area contributed by atoms with Crippen LogP contribution in [0.25, 0.3) is 20.5 Å². The fourth-order valence-electron chi connectivity index (χ4n) is 8.02. The van der Waals surface area contributed by atoms with Crippen LogP contribution in [0.4, 0.5) is 10.2 Å². The van der Waals surface area contributed by atoms with Gasteiger partial charge in [-0.1, -0.05) is 29.8 Å². The first-order valence-corrected chi connectivity index (χ1v) is 18.2. The molecule has 2 aromatic carbocycles. The largest absolute Gasteiger partial charge is 0.493 e. The number of rotatable bonds is 8. The molecule has 6 heterocycles. The molecule has 1 fully saturated rings. The van der Waals surface area contributed by atoms with E-state index in [1.165, 1.54) is 13.2 Å². The van der Waals surface area contributed by atoms with Gasteiger partial charge < -0.3 is 19.7 Å². The summed E-state index contributed by atoms with van der Waals surface area (Å²) < 4.78 is 27.1. The molecule has 3 aliphatic heterocycles. The Hall–Kier alpha value is -4.74. The zero-order valence-electron chi connectivity index (χ0n) is 27.6. The summed E-state index contributed by atoms with van der Waals surface area (Å²) in [6, 6.07) is 15.2. The molecule has 0 spiro atoms. The molecule has 3 aromatic heterocycles. The second-order valence-corrected chi connectivity index (χ2v) is 14.7. The van der Waals surface area contributed by atoms with Crippen molar-refractivity contribution in [1.82, 2.24) is 20.3 Å². The molecule has 5 aromatic rings. The summed E-state index contributed by atoms with van der Waals surface area (Å²) in [5.41, 5.74) is 9.92. The van der Waals surface area contributed by atoms with Crippen molar-refractivity contribution in [2.45, 2.75) is 63.8 Å². The molecule has 3 atom stereocenters. The predicted octanol–water partition coefficient (Wildman–Crippen LogP) is 7.96. The quantitative estimate of drug-likeness (QED) is 0.169. The first kappa shape index (κ1) is 31.3. The smallest absolute Gasteiger partial charge is 0.257 e. The Bertz CT molecular complexity index is 2240. The maximum absolute atomic E-state index is 14.5. The topological polar surface area (TPSA) is 101 Å². The predicted molar refractivity (Wildman–Crippen MR) is 193 cm³/mol. The Labute approximate surface area is 297 Å². The first-order valence-electron chi connectivity index (χ1n) is 17.0. The minimum atomic E-state index is -0.349. The number of hydrogen-bond acceptors (Lipinski definition) is 9. The molecule has 12 heteroatoms. The molecule has 4 aliphatic rings. The van der Waals surface area contributed by atoms with Gasteiger partial charge in [-0.15, -0.1) is 16.4 Å². The van der Waals surface area contributed by atoms with Crippen molar-refractivity contribution in [3.8, 4) is 16.2 Å². The zero-order chi connectivity index (χ0) is 34.1. The number of hydrogen-bond donors (Lipinski definition) is 2. The number of ether oxygens (including phenoxy) is 2. The van der Waals surface area contributed by atoms with Crippen molar-refractivity contribution < 1.29 is 18.7 Å². The molecule has 0 saturated carbocycles. The maximum Gasteiger partial charge on any atom is 0.257 e. The number of amides is 1. The number of anilines is 1. The molecular formula is C38H34ClFN6O3S. The highest BCUT2D eigenvalue weighted by atomic mass is 35.5. The molecule has 0 radical (unpaired) electrons. The van der Waals surface area contributed by atoms with Gasteiger partial charge in [0.05, 0.1) is 46.4 Å². The third kappa shape index (κ3) is 5.09. The van der Waals surface area contributed by atoms with E-state index in [9.17, 15) is 9.18 Å². The van der Waals surface area contributed by atoms with Gasteiger partial charge in [0.25, 0.3) is 5.91 Å². The number of nitrogens with one attached hydrogen (secondary N) is 2. The summed E-state index contributed by atoms with van der Waals surface area (Å²) >= 11 is 7.94. The number of aromatic nitrogens is 2. The average molecular weight is 709 g/mol. The zero-order valence-corrected chi connectivity index (χ0v) is 29.1. The Balaban J connectivity index is 1.19. The standard InChI is InChI=1S/C38H34ClFN6O3S/c1-19-44-45-37(49-19)30-27(12-8-20-5-3-6-22(39)17-20)42-33-28-7-4-16-46(28)38(47)32(33)31(30)29-18-21-14-15-41-36(35(21)50-29)43-26-13-10-24-23(26)9-11-25(40)34(24)48-2/h3,5-6,9,11,14-15,17-19,26,28,44H,4,7-8,10,12-13,16H2,1-2H3,(H,41,43). The minimum Gasteiger partial charge on any atom is -0.493 e. The van der Waals surface area contributed by atoms with Crippen LogP contribution < -0.4 is 15.5 Å². The van der Waals surface area contributed by atoms with Gasteiger partial charge in [-0.2, -0.15) is 0 Å². The first-order chi connectivity index (χ1) is 24.4. The summed E-state index contributed by atoms with van der Waals surface area (Å²) in [4.78, 5) is 27.2. The van der Waals surface area contributed by atoms with Crippen LogP contribution in [0.2, 0.25) is 5.02 Å². The highest BCUT2D eigenvalue weighted by molar-refractivity contribution is 7.22. The van der Waals surface area contributed by atoms with Gasteiger partial charge in [-0.3, -0.25) is 15.2 Å². The van der Waals surface area contributed by atoms with Crippen molar-refractivity contribution in [3.05, 3.63) is 105 Å². The van der Waals surface area contributed by atoms with E-state index >= 15 is 0 Å². The van der Waals surface area contributed by atoms with Crippen LogP contribution in [0.1, 0.15) is 82.3 Å². The number of methoxy groups -OCH3 is 1. The number of hydrazone groups is 1. The van der Waals surface area contributed by atoms with Gasteiger partial charge in [0.15, 0.2) is 17.8 Å². The van der Waals surface area contributed by atoms with Crippen LogP contribution in [0.15, 0.2) is 59.8 Å². The summed E-state index contributed by atoms with van der Waals surface area (Å²) in [5, 5.41) is 9.96. The van der Waals surface area contributed by atoms with E-state index in [1.54, 1.807) is 17.5 Å². The van der Waals surface area contributed by atoms with Crippen molar-refractivity contribution >= 4 is 50.6 Å². The SMILES string of the molecule is COc1c(F)ccc2c1CCC2Nc1nccc2cc(-c3c(C4=NNC(C)O4)c(CCc4cccc(Cl)c4)nc4c3C(=O)N3CCCC43)sc12. The Morgan fingerprint density at radius 1 is 1.14 bits per heavy atom. The van der Waals surface area contributed by atoms with Crippen molar-refractivity contribution in [1.29, 1.82) is 0 Å². The Morgan fingerprint density at radius 2 is 2.04 bits per heavy atom. The number of pyridine rings is 2. The number of aryl methyl sites for hydroxylation is 2. The van der Waals surface area contributed by atoms with Gasteiger partial charge in [0.2, 0.25) is 5.90 Å². The lowest BCUT2D eigenvalue weighted by molar-refractivity contribution is 0.0776. The lowest BCUT2D eigenvalue weighted by Crippen LogP contribution is -2.23. The highest BCUT2D eigenvalue weighted by Gasteiger charge is 2.45. The molecule has 3 unspecified atom stereocenters. The fraction of sp³-hybridized carbons (Fsp3) is 0.316. The second kappa shape index (κ2) is 12.2. The highest BCUT2D eigenvalue weighted by Crippen LogP contribution is 2.49. The lowest BCUT2D eigenvalue weighted by Gasteiger charge is -2.18. The third-order valence-corrected chi connectivity index (χ3v) is 11.6. The fourth-order valence-corrected chi connectivity index (χ4v) is 9.39. The molecule has 0 bridgehead atoms. The van der Waals surface area contributed by atoms with E-state index in [4.69, 9.17) is 31.0 Å². The van der Waals surface area contributed by atoms with E-state index in [2.05, 4.69) is 28.0 Å². The molecule has 1 aliphatic carbocycles. The van der Waals surface area contributed by atoms with E-state index in [1.807, 2.05) is 42.2 Å². The average Bonchev–Trinajstić information content (AvgIpc) is 3.95. The third-order valence-electron chi connectivity index (χ3n) is 10.2. The number of fused-ring (bicyclic) bond motifs is 5. The second-order valence-electron chi connectivity index (χ2n) is 13.2. The van der Waals surface area contributed by atoms with Gasteiger partial charge in [0.1, 0.15) is 5.82 Å². The normalized spacial score (nSPS) is 20.4. The monoisotopic (exact) mass is 708 g/mol. The van der Waals surface area contributed by atoms with Gasteiger partial charge in [0, 0.05) is 33.8 Å². The van der Waals surface area contributed by atoms with Crippen LogP contribution in [0.5, 0.6) is 5.75 Å². The molecule has 50 heavy (non-hydrogen) atoms. The number of halogens is 2. The van der Waals surface area contributed by atoms with E-state index in [0.29, 0.717) is 48.0 Å². The Morgan fingerprint density at radius 3 is 2.86 bits per heavy atom. The number of thiophene rings is 1. The van der Waals surface area contributed by atoms with Gasteiger partial charge in [-0.25, -0.2) is 9.37 Å². The molecular weight excluding hydrogens is 675 g/mol. The summed E-state index contributed by atoms with van der Waals surface area (Å²) in [7, 11) is 1.51. The van der Waals surface area contributed by atoms with Crippen molar-refractivity contribution in [2.75, 3.05) is 19.0 Å². The summed E-state index contributed by atoms with van der Waals surface area (Å²) in [6.45, 7) is 2.61. The molecule has 254 valence electrons. The number of benzene rings is 2. The van der Waals surface area contributed by atoms with Crippen molar-refractivity contribution in [3.63, 3.8) is 0 Å². The van der Waals surface area contributed by atoms with Crippen LogP contribution in [0, 0.1) is 5.82 Å². The Kier molecular flexibility index (Phi) is 7.65. The van der Waals surface area contributed by atoms with E-state index in [-0.39, 0.29) is 30.0 Å². The van der Waals surface area contributed by atoms with Crippen LogP contribution in [0.3, 0.4) is 0 Å². The molecule has 1 amide bonds. The van der Waals surface area contributed by atoms with E-state index < -0.39 is 0 Å². The number of carbonyl (C=O) groups is 1. The van der Waals surface area contributed by atoms with Crippen LogP contribution in [-0.2, 0) is 24.0 Å². The van der Waals surface area contributed by atoms with Crippen molar-refractivity contribution in [2.24, 2.45) is 5.10 Å². The number of carbonyl (C=O) groups excluding carboxylic acids is 1. The van der Waals surface area contributed by atoms with Crippen LogP contribution in [-0.4, -0.2) is 46.6 Å².